The second-order valence-electron chi connectivity index (χ2n) is 7.50. The average Bonchev–Trinajstić information content (AvgIpc) is 3.08. The van der Waals surface area contributed by atoms with Crippen LogP contribution < -0.4 is 4.74 Å². The van der Waals surface area contributed by atoms with Crippen molar-refractivity contribution in [1.29, 1.82) is 10.7 Å². The van der Waals surface area contributed by atoms with E-state index < -0.39 is 0 Å². The molecule has 0 saturated carbocycles. The smallest absolute Gasteiger partial charge is 0.255 e. The minimum absolute atomic E-state index is 0.0831. The summed E-state index contributed by atoms with van der Waals surface area (Å²) >= 11 is 0. The topological polar surface area (TPSA) is 93.0 Å². The molecule has 1 aliphatic rings. The molecule has 3 aromatic rings. The minimum Gasteiger partial charge on any atom is -0.455 e. The molecule has 0 bridgehead atoms. The first-order valence-electron chi connectivity index (χ1n) is 9.77. The van der Waals surface area contributed by atoms with Crippen molar-refractivity contribution in [2.45, 2.75) is 13.8 Å². The largest absolute Gasteiger partial charge is 0.455 e. The molecule has 0 aliphatic carbocycles. The summed E-state index contributed by atoms with van der Waals surface area (Å²) in [5.74, 6) is 0.986. The highest BCUT2D eigenvalue weighted by molar-refractivity contribution is 5.97. The third-order valence-corrected chi connectivity index (χ3v) is 5.47. The molecule has 2 aromatic carbocycles. The summed E-state index contributed by atoms with van der Waals surface area (Å²) < 4.78 is 6.20. The Balaban J connectivity index is 1.63. The fourth-order valence-electron chi connectivity index (χ4n) is 3.68. The van der Waals surface area contributed by atoms with Gasteiger partial charge in [-0.2, -0.15) is 5.26 Å². The van der Waals surface area contributed by atoms with E-state index in [0.717, 1.165) is 21.9 Å². The number of H-pyrrole nitrogens is 1. The molecule has 0 unspecified atom stereocenters. The fourth-order valence-corrected chi connectivity index (χ4v) is 3.68. The van der Waals surface area contributed by atoms with Crippen LogP contribution in [0.3, 0.4) is 0 Å². The van der Waals surface area contributed by atoms with Crippen LogP contribution in [0.15, 0.2) is 48.7 Å². The number of likely N-dealkylation sites (tertiary alicyclic amines) is 1. The lowest BCUT2D eigenvalue weighted by atomic mass is 10.00. The van der Waals surface area contributed by atoms with Crippen LogP contribution in [0.1, 0.15) is 27.2 Å². The number of carbonyl (C=O) groups is 1. The van der Waals surface area contributed by atoms with Crippen LogP contribution in [-0.2, 0) is 0 Å². The maximum Gasteiger partial charge on any atom is 0.255 e. The Morgan fingerprint density at radius 3 is 2.63 bits per heavy atom. The van der Waals surface area contributed by atoms with Gasteiger partial charge < -0.3 is 20.0 Å². The molecule has 1 aliphatic heterocycles. The van der Waals surface area contributed by atoms with Crippen LogP contribution >= 0.6 is 0 Å². The SMILES string of the molecule is Cc1cc2ccccc2cc1O/C(=C/C=N)c1[nH]cc(C(=O)N2CC(C#N)C2)c1C. The molecular weight excluding hydrogens is 376 g/mol. The van der Waals surface area contributed by atoms with E-state index in [2.05, 4.69) is 23.2 Å². The van der Waals surface area contributed by atoms with Gasteiger partial charge in [0.05, 0.1) is 23.2 Å². The van der Waals surface area contributed by atoms with Crippen LogP contribution in [0.5, 0.6) is 5.75 Å². The summed E-state index contributed by atoms with van der Waals surface area (Å²) in [6, 6.07) is 14.3. The van der Waals surface area contributed by atoms with E-state index in [4.69, 9.17) is 15.4 Å². The fraction of sp³-hybridized carbons (Fsp3) is 0.208. The first-order chi connectivity index (χ1) is 14.5. The zero-order valence-corrected chi connectivity index (χ0v) is 16.9. The Morgan fingerprint density at radius 2 is 1.97 bits per heavy atom. The van der Waals surface area contributed by atoms with Gasteiger partial charge in [-0.15, -0.1) is 0 Å². The number of allylic oxidation sites excluding steroid dienone is 1. The molecule has 4 rings (SSSR count). The molecule has 6 heteroatoms. The minimum atomic E-state index is -0.0995. The van der Waals surface area contributed by atoms with Crippen LogP contribution in [0.4, 0.5) is 0 Å². The molecule has 150 valence electrons. The van der Waals surface area contributed by atoms with E-state index in [9.17, 15) is 4.79 Å². The number of hydrogen-bond donors (Lipinski definition) is 2. The Hall–Kier alpha value is -3.85. The predicted molar refractivity (Wildman–Crippen MR) is 117 cm³/mol. The lowest BCUT2D eigenvalue weighted by Crippen LogP contribution is -2.49. The van der Waals surface area contributed by atoms with Crippen molar-refractivity contribution >= 4 is 28.7 Å². The number of nitrogens with zero attached hydrogens (tertiary/aromatic N) is 2. The molecule has 0 radical (unpaired) electrons. The molecule has 1 saturated heterocycles. The maximum atomic E-state index is 12.8. The van der Waals surface area contributed by atoms with Gasteiger partial charge in [0.1, 0.15) is 5.75 Å². The molecule has 1 fully saturated rings. The third kappa shape index (κ3) is 3.46. The molecule has 30 heavy (non-hydrogen) atoms. The van der Waals surface area contributed by atoms with Crippen molar-refractivity contribution < 1.29 is 9.53 Å². The number of benzene rings is 2. The Labute approximate surface area is 174 Å². The number of amides is 1. The first-order valence-corrected chi connectivity index (χ1v) is 9.77. The van der Waals surface area contributed by atoms with E-state index in [-0.39, 0.29) is 11.8 Å². The van der Waals surface area contributed by atoms with Crippen molar-refractivity contribution in [2.75, 3.05) is 13.1 Å². The van der Waals surface area contributed by atoms with Crippen molar-refractivity contribution in [3.05, 3.63) is 71.1 Å². The normalized spacial score (nSPS) is 14.3. The highest BCUT2D eigenvalue weighted by atomic mass is 16.5. The Morgan fingerprint density at radius 1 is 1.27 bits per heavy atom. The summed E-state index contributed by atoms with van der Waals surface area (Å²) in [5, 5.41) is 18.7. The van der Waals surface area contributed by atoms with Gasteiger partial charge in [0.2, 0.25) is 0 Å². The van der Waals surface area contributed by atoms with Gasteiger partial charge in [-0.05, 0) is 47.9 Å². The number of aryl methyl sites for hydroxylation is 1. The van der Waals surface area contributed by atoms with Crippen molar-refractivity contribution in [3.63, 3.8) is 0 Å². The molecule has 1 amide bonds. The van der Waals surface area contributed by atoms with E-state index in [0.29, 0.717) is 35.9 Å². The standard InChI is InChI=1S/C24H22N4O2/c1-15-9-18-5-3-4-6-19(18)10-22(15)30-21(7-8-25)23-16(2)20(12-27-23)24(29)28-13-17(11-26)14-28/h3-10,12,17,25,27H,13-14H2,1-2H3/b21-7+,25-8?. The highest BCUT2D eigenvalue weighted by Gasteiger charge is 2.32. The number of aromatic nitrogens is 1. The third-order valence-electron chi connectivity index (χ3n) is 5.47. The van der Waals surface area contributed by atoms with Crippen LogP contribution in [-0.4, -0.2) is 35.1 Å². The zero-order valence-electron chi connectivity index (χ0n) is 16.9. The molecule has 0 atom stereocenters. The second-order valence-corrected chi connectivity index (χ2v) is 7.50. The predicted octanol–water partition coefficient (Wildman–Crippen LogP) is 4.45. The van der Waals surface area contributed by atoms with E-state index in [1.54, 1.807) is 17.2 Å². The number of hydrogen-bond acceptors (Lipinski definition) is 4. The van der Waals surface area contributed by atoms with Gasteiger partial charge in [-0.25, -0.2) is 0 Å². The van der Waals surface area contributed by atoms with Crippen LogP contribution in [0, 0.1) is 36.5 Å². The Kier molecular flexibility index (Phi) is 5.11. The molecule has 1 aromatic heterocycles. The van der Waals surface area contributed by atoms with Crippen molar-refractivity contribution in [2.24, 2.45) is 5.92 Å². The zero-order chi connectivity index (χ0) is 21.3. The summed E-state index contributed by atoms with van der Waals surface area (Å²) in [6.45, 7) is 4.77. The van der Waals surface area contributed by atoms with E-state index in [1.165, 1.54) is 6.21 Å². The van der Waals surface area contributed by atoms with Gasteiger partial charge in [0.25, 0.3) is 5.91 Å². The summed E-state index contributed by atoms with van der Waals surface area (Å²) in [5.41, 5.74) is 2.95. The maximum absolute atomic E-state index is 12.8. The molecular formula is C24H22N4O2. The average molecular weight is 398 g/mol. The number of nitriles is 1. The molecule has 2 N–H and O–H groups in total. The number of carbonyl (C=O) groups excluding carboxylic acids is 1. The van der Waals surface area contributed by atoms with E-state index >= 15 is 0 Å². The quantitative estimate of drug-likeness (QED) is 0.491. The lowest BCUT2D eigenvalue weighted by molar-refractivity contribution is 0.0577. The van der Waals surface area contributed by atoms with Crippen LogP contribution in [0.25, 0.3) is 16.5 Å². The second kappa shape index (κ2) is 7.88. The van der Waals surface area contributed by atoms with Crippen LogP contribution in [0.2, 0.25) is 0 Å². The van der Waals surface area contributed by atoms with Gasteiger partial charge >= 0.3 is 0 Å². The Bertz CT molecular complexity index is 1210. The molecule has 0 spiro atoms. The number of aromatic amines is 1. The van der Waals surface area contributed by atoms with E-state index in [1.807, 2.05) is 38.1 Å². The molecule has 2 heterocycles. The monoisotopic (exact) mass is 398 g/mol. The van der Waals surface area contributed by atoms with Crippen molar-refractivity contribution in [3.8, 4) is 11.8 Å². The van der Waals surface area contributed by atoms with Gasteiger partial charge in [-0.1, -0.05) is 24.3 Å². The van der Waals surface area contributed by atoms with Crippen molar-refractivity contribution in [1.82, 2.24) is 9.88 Å². The number of rotatable bonds is 5. The summed E-state index contributed by atoms with van der Waals surface area (Å²) in [7, 11) is 0. The number of ether oxygens (including phenoxy) is 1. The van der Waals surface area contributed by atoms with Gasteiger partial charge in [0.15, 0.2) is 5.76 Å². The molecule has 6 nitrogen and oxygen atoms in total. The summed E-state index contributed by atoms with van der Waals surface area (Å²) in [4.78, 5) is 17.6. The summed E-state index contributed by atoms with van der Waals surface area (Å²) in [6.07, 6.45) is 4.40. The number of fused-ring (bicyclic) bond motifs is 1. The van der Waals surface area contributed by atoms with Gasteiger partial charge in [-0.3, -0.25) is 4.79 Å². The lowest BCUT2D eigenvalue weighted by Gasteiger charge is -2.35. The first kappa shape index (κ1) is 19.5. The van der Waals surface area contributed by atoms with Gasteiger partial charge in [0, 0.05) is 31.6 Å². The number of nitrogens with one attached hydrogen (secondary N) is 2. The highest BCUT2D eigenvalue weighted by Crippen LogP contribution is 2.31.